The third-order valence-electron chi connectivity index (χ3n) is 3.52. The Bertz CT molecular complexity index is 345. The lowest BCUT2D eigenvalue weighted by molar-refractivity contribution is 0.119. The number of likely N-dealkylation sites (tertiary alicyclic amines) is 1. The Balaban J connectivity index is 1.65. The van der Waals surface area contributed by atoms with E-state index < -0.39 is 0 Å². The van der Waals surface area contributed by atoms with Gasteiger partial charge in [-0.15, -0.1) is 0 Å². The first-order valence-corrected chi connectivity index (χ1v) is 6.59. The summed E-state index contributed by atoms with van der Waals surface area (Å²) in [6, 6.07) is 7.49. The van der Waals surface area contributed by atoms with E-state index in [2.05, 4.69) is 4.90 Å². The normalized spacial score (nSPS) is 17.8. The van der Waals surface area contributed by atoms with Gasteiger partial charge in [-0.05, 0) is 56.1 Å². The summed E-state index contributed by atoms with van der Waals surface area (Å²) in [5.41, 5.74) is 6.37. The summed E-state index contributed by atoms with van der Waals surface area (Å²) < 4.78 is 5.67. The van der Waals surface area contributed by atoms with Crippen molar-refractivity contribution in [1.82, 2.24) is 4.90 Å². The molecule has 3 N–H and O–H groups in total. The maximum atomic E-state index is 9.07. The van der Waals surface area contributed by atoms with Gasteiger partial charge >= 0.3 is 0 Å². The van der Waals surface area contributed by atoms with Gasteiger partial charge in [0.05, 0.1) is 0 Å². The van der Waals surface area contributed by atoms with Crippen LogP contribution in [0.2, 0.25) is 0 Å². The maximum Gasteiger partial charge on any atom is 0.119 e. The number of piperidine rings is 1. The minimum absolute atomic E-state index is 0.329. The molecular weight excluding hydrogens is 228 g/mol. The summed E-state index contributed by atoms with van der Waals surface area (Å²) >= 11 is 0. The van der Waals surface area contributed by atoms with E-state index in [0.29, 0.717) is 19.1 Å². The average molecular weight is 250 g/mol. The molecule has 18 heavy (non-hydrogen) atoms. The van der Waals surface area contributed by atoms with E-state index >= 15 is 0 Å². The fourth-order valence-corrected chi connectivity index (χ4v) is 2.25. The zero-order valence-corrected chi connectivity index (χ0v) is 10.7. The zero-order chi connectivity index (χ0) is 12.8. The molecule has 0 radical (unpaired) electrons. The molecule has 1 aliphatic heterocycles. The Morgan fingerprint density at radius 1 is 1.22 bits per heavy atom. The third kappa shape index (κ3) is 3.89. The van der Waals surface area contributed by atoms with Crippen LogP contribution in [-0.4, -0.2) is 42.9 Å². The number of nitrogens with two attached hydrogens (primary N) is 1. The first-order valence-electron chi connectivity index (χ1n) is 6.59. The second-order valence-electron chi connectivity index (χ2n) is 4.89. The molecule has 0 amide bonds. The van der Waals surface area contributed by atoms with Crippen LogP contribution in [-0.2, 0) is 0 Å². The predicted octanol–water partition coefficient (Wildman–Crippen LogP) is 1.35. The molecule has 0 aliphatic carbocycles. The van der Waals surface area contributed by atoms with Crippen molar-refractivity contribution in [3.8, 4) is 5.75 Å². The topological polar surface area (TPSA) is 58.7 Å². The molecule has 0 atom stereocenters. The average Bonchev–Trinajstić information content (AvgIpc) is 2.42. The quantitative estimate of drug-likeness (QED) is 0.775. The fraction of sp³-hybridized carbons (Fsp3) is 0.571. The minimum atomic E-state index is 0.329. The highest BCUT2D eigenvalue weighted by Gasteiger charge is 2.17. The zero-order valence-electron chi connectivity index (χ0n) is 10.7. The molecule has 0 spiro atoms. The van der Waals surface area contributed by atoms with Crippen LogP contribution in [0.4, 0.5) is 5.69 Å². The number of aliphatic hydroxyl groups excluding tert-OH is 1. The van der Waals surface area contributed by atoms with E-state index in [9.17, 15) is 0 Å². The molecule has 100 valence electrons. The minimum Gasteiger partial charge on any atom is -0.492 e. The van der Waals surface area contributed by atoms with E-state index in [0.717, 1.165) is 43.9 Å². The first kappa shape index (κ1) is 13.2. The van der Waals surface area contributed by atoms with Crippen molar-refractivity contribution in [2.75, 3.05) is 38.6 Å². The summed E-state index contributed by atoms with van der Waals surface area (Å²) in [6.45, 7) is 4.11. The largest absolute Gasteiger partial charge is 0.492 e. The molecule has 4 heteroatoms. The number of nitrogen functional groups attached to an aromatic ring is 1. The Morgan fingerprint density at radius 2 is 1.89 bits per heavy atom. The van der Waals surface area contributed by atoms with Crippen LogP contribution in [0.1, 0.15) is 12.8 Å². The number of rotatable bonds is 5. The van der Waals surface area contributed by atoms with Gasteiger partial charge in [-0.1, -0.05) is 0 Å². The van der Waals surface area contributed by atoms with Gasteiger partial charge in [0.15, 0.2) is 0 Å². The highest BCUT2D eigenvalue weighted by atomic mass is 16.5. The van der Waals surface area contributed by atoms with Crippen LogP contribution in [0.5, 0.6) is 5.75 Å². The molecule has 1 fully saturated rings. The molecule has 1 aliphatic rings. The van der Waals surface area contributed by atoms with Gasteiger partial charge in [-0.25, -0.2) is 0 Å². The summed E-state index contributed by atoms with van der Waals surface area (Å²) in [4.78, 5) is 2.39. The molecule has 0 bridgehead atoms. The molecule has 1 aromatic rings. The lowest BCUT2D eigenvalue weighted by Crippen LogP contribution is -2.37. The molecular formula is C14H22N2O2. The Kier molecular flexibility index (Phi) is 4.84. The van der Waals surface area contributed by atoms with Gasteiger partial charge in [0.1, 0.15) is 12.4 Å². The summed E-state index contributed by atoms with van der Waals surface area (Å²) in [6.07, 6.45) is 2.19. The number of aliphatic hydroxyl groups is 1. The van der Waals surface area contributed by atoms with Crippen molar-refractivity contribution in [2.45, 2.75) is 12.8 Å². The molecule has 2 rings (SSSR count). The van der Waals surface area contributed by atoms with Gasteiger partial charge in [0.2, 0.25) is 0 Å². The number of hydrogen-bond acceptors (Lipinski definition) is 4. The van der Waals surface area contributed by atoms with Crippen molar-refractivity contribution in [3.05, 3.63) is 24.3 Å². The monoisotopic (exact) mass is 250 g/mol. The van der Waals surface area contributed by atoms with Crippen molar-refractivity contribution in [3.63, 3.8) is 0 Å². The number of hydrogen-bond donors (Lipinski definition) is 2. The van der Waals surface area contributed by atoms with Crippen molar-refractivity contribution < 1.29 is 9.84 Å². The van der Waals surface area contributed by atoms with E-state index in [-0.39, 0.29) is 0 Å². The van der Waals surface area contributed by atoms with Crippen molar-refractivity contribution in [2.24, 2.45) is 5.92 Å². The van der Waals surface area contributed by atoms with E-state index in [1.807, 2.05) is 24.3 Å². The molecule has 1 heterocycles. The molecule has 4 nitrogen and oxygen atoms in total. The van der Waals surface area contributed by atoms with Crippen LogP contribution < -0.4 is 10.5 Å². The van der Waals surface area contributed by atoms with Crippen molar-refractivity contribution in [1.29, 1.82) is 0 Å². The first-order chi connectivity index (χ1) is 8.78. The van der Waals surface area contributed by atoms with Crippen molar-refractivity contribution >= 4 is 5.69 Å². The Labute approximate surface area is 108 Å². The van der Waals surface area contributed by atoms with Gasteiger partial charge in [-0.3, -0.25) is 4.90 Å². The number of ether oxygens (including phenoxy) is 1. The fourth-order valence-electron chi connectivity index (χ4n) is 2.25. The summed E-state index contributed by atoms with van der Waals surface area (Å²) in [5, 5.41) is 9.07. The van der Waals surface area contributed by atoms with Gasteiger partial charge in [0.25, 0.3) is 0 Å². The van der Waals surface area contributed by atoms with Crippen LogP contribution in [0.25, 0.3) is 0 Å². The van der Waals surface area contributed by atoms with Crippen LogP contribution in [0, 0.1) is 5.92 Å². The standard InChI is InChI=1S/C14H22N2O2/c15-13-1-3-14(4-2-13)18-10-9-16-7-5-12(11-17)6-8-16/h1-4,12,17H,5-11,15H2. The molecule has 1 aromatic carbocycles. The van der Waals surface area contributed by atoms with Crippen LogP contribution in [0.15, 0.2) is 24.3 Å². The van der Waals surface area contributed by atoms with E-state index in [1.54, 1.807) is 0 Å². The third-order valence-corrected chi connectivity index (χ3v) is 3.52. The lowest BCUT2D eigenvalue weighted by atomic mass is 9.98. The predicted molar refractivity (Wildman–Crippen MR) is 72.6 cm³/mol. The second-order valence-corrected chi connectivity index (χ2v) is 4.89. The highest BCUT2D eigenvalue weighted by molar-refractivity contribution is 5.41. The Hall–Kier alpha value is -1.26. The van der Waals surface area contributed by atoms with Gasteiger partial charge < -0.3 is 15.6 Å². The molecule has 1 saturated heterocycles. The molecule has 0 aromatic heterocycles. The van der Waals surface area contributed by atoms with E-state index in [1.165, 1.54) is 0 Å². The maximum absolute atomic E-state index is 9.07. The number of benzene rings is 1. The number of anilines is 1. The number of nitrogens with zero attached hydrogens (tertiary/aromatic N) is 1. The van der Waals surface area contributed by atoms with Gasteiger partial charge in [-0.2, -0.15) is 0 Å². The molecule has 0 unspecified atom stereocenters. The van der Waals surface area contributed by atoms with Crippen LogP contribution in [0.3, 0.4) is 0 Å². The lowest BCUT2D eigenvalue weighted by Gasteiger charge is -2.30. The second kappa shape index (κ2) is 6.61. The smallest absolute Gasteiger partial charge is 0.119 e. The molecule has 0 saturated carbocycles. The van der Waals surface area contributed by atoms with Crippen LogP contribution >= 0.6 is 0 Å². The SMILES string of the molecule is Nc1ccc(OCCN2CCC(CO)CC2)cc1. The van der Waals surface area contributed by atoms with Gasteiger partial charge in [0, 0.05) is 18.8 Å². The highest BCUT2D eigenvalue weighted by Crippen LogP contribution is 2.16. The Morgan fingerprint density at radius 3 is 2.50 bits per heavy atom. The summed E-state index contributed by atoms with van der Waals surface area (Å²) in [5.74, 6) is 1.37. The summed E-state index contributed by atoms with van der Waals surface area (Å²) in [7, 11) is 0. The van der Waals surface area contributed by atoms with E-state index in [4.69, 9.17) is 15.6 Å².